The molecular weight excluding hydrogens is 452 g/mol. The average molecular weight is 479 g/mol. The number of pyridine rings is 2. The van der Waals surface area contributed by atoms with Gasteiger partial charge in [-0.25, -0.2) is 0 Å². The van der Waals surface area contributed by atoms with Gasteiger partial charge in [-0.05, 0) is 85.5 Å². The van der Waals surface area contributed by atoms with Crippen LogP contribution >= 0.6 is 0 Å². The smallest absolute Gasteiger partial charge is 0.255 e. The van der Waals surface area contributed by atoms with E-state index in [9.17, 15) is 9.59 Å². The van der Waals surface area contributed by atoms with Gasteiger partial charge in [0.1, 0.15) is 0 Å². The average Bonchev–Trinajstić information content (AvgIpc) is 2.90. The predicted octanol–water partition coefficient (Wildman–Crippen LogP) is 4.81. The lowest BCUT2D eigenvalue weighted by Crippen LogP contribution is -2.29. The third-order valence-electron chi connectivity index (χ3n) is 6.24. The minimum Gasteiger partial charge on any atom is -0.369 e. The lowest BCUT2D eigenvalue weighted by Gasteiger charge is -2.24. The van der Waals surface area contributed by atoms with Gasteiger partial charge in [0.25, 0.3) is 5.91 Å². The molecule has 5 N–H and O–H groups in total. The number of nitrogens with two attached hydrogens (primary N) is 1. The number of amides is 2. The quantitative estimate of drug-likeness (QED) is 0.302. The van der Waals surface area contributed by atoms with Crippen molar-refractivity contribution in [1.29, 1.82) is 0 Å². The van der Waals surface area contributed by atoms with E-state index < -0.39 is 0 Å². The summed E-state index contributed by atoms with van der Waals surface area (Å²) in [6.45, 7) is 0. The van der Waals surface area contributed by atoms with Gasteiger partial charge in [-0.15, -0.1) is 0 Å². The van der Waals surface area contributed by atoms with Gasteiger partial charge in [-0.1, -0.05) is 6.07 Å². The Morgan fingerprint density at radius 1 is 0.833 bits per heavy atom. The van der Waals surface area contributed by atoms with E-state index >= 15 is 0 Å². The van der Waals surface area contributed by atoms with Crippen molar-refractivity contribution in [3.05, 3.63) is 102 Å². The number of nitrogens with zero attached hydrogens (tertiary/aromatic N) is 2. The third-order valence-corrected chi connectivity index (χ3v) is 6.24. The third kappa shape index (κ3) is 5.33. The first kappa shape index (κ1) is 23.0. The molecule has 0 fully saturated rings. The van der Waals surface area contributed by atoms with Gasteiger partial charge in [-0.3, -0.25) is 19.6 Å². The molecule has 36 heavy (non-hydrogen) atoms. The molecule has 8 heteroatoms. The van der Waals surface area contributed by atoms with Crippen LogP contribution in [0.5, 0.6) is 0 Å². The summed E-state index contributed by atoms with van der Waals surface area (Å²) in [6, 6.07) is 20.4. The Balaban J connectivity index is 1.25. The Morgan fingerprint density at radius 2 is 1.58 bits per heavy atom. The number of anilines is 5. The summed E-state index contributed by atoms with van der Waals surface area (Å²) in [5, 5.41) is 9.64. The standard InChI is InChI=1S/C28H26N6O2/c29-27(35)19-6-9-25-24(16-19)26(12-15-31-25)33-20-7-4-18(5-8-20)28(36)34-23-3-1-2-22(17-23)32-21-10-13-30-14-11-21/h1-5,7-8,10-15,17,19H,6,9,16H2,(H2,29,35)(H,30,32)(H,31,33)(H,34,36). The highest BCUT2D eigenvalue weighted by molar-refractivity contribution is 6.04. The molecule has 0 spiro atoms. The molecule has 0 saturated carbocycles. The summed E-state index contributed by atoms with van der Waals surface area (Å²) >= 11 is 0. The molecule has 2 aromatic heterocycles. The van der Waals surface area contributed by atoms with Crippen LogP contribution in [0.4, 0.5) is 28.4 Å². The van der Waals surface area contributed by atoms with Crippen molar-refractivity contribution in [3.63, 3.8) is 0 Å². The monoisotopic (exact) mass is 478 g/mol. The van der Waals surface area contributed by atoms with Gasteiger partial charge in [0.15, 0.2) is 0 Å². The molecule has 1 aliphatic carbocycles. The van der Waals surface area contributed by atoms with E-state index in [-0.39, 0.29) is 17.7 Å². The first-order valence-corrected chi connectivity index (χ1v) is 11.8. The highest BCUT2D eigenvalue weighted by Crippen LogP contribution is 2.31. The van der Waals surface area contributed by atoms with Crippen LogP contribution in [0.25, 0.3) is 0 Å². The number of rotatable bonds is 7. The molecule has 1 aliphatic rings. The van der Waals surface area contributed by atoms with E-state index in [1.807, 2.05) is 54.6 Å². The normalized spacial score (nSPS) is 14.4. The highest BCUT2D eigenvalue weighted by atomic mass is 16.2. The number of benzene rings is 2. The molecule has 2 heterocycles. The fraction of sp³-hybridized carbons (Fsp3) is 0.143. The Labute approximate surface area is 209 Å². The number of aromatic nitrogens is 2. The number of carbonyl (C=O) groups is 2. The van der Waals surface area contributed by atoms with Crippen LogP contribution in [0, 0.1) is 5.92 Å². The molecule has 0 aliphatic heterocycles. The molecule has 1 atom stereocenters. The van der Waals surface area contributed by atoms with E-state index in [1.54, 1.807) is 30.7 Å². The Kier molecular flexibility index (Phi) is 6.57. The fourth-order valence-corrected chi connectivity index (χ4v) is 4.34. The van der Waals surface area contributed by atoms with Gasteiger partial charge in [0.2, 0.25) is 5.91 Å². The van der Waals surface area contributed by atoms with Gasteiger partial charge in [0, 0.05) is 64.2 Å². The second kappa shape index (κ2) is 10.3. The van der Waals surface area contributed by atoms with Crippen LogP contribution in [-0.4, -0.2) is 21.8 Å². The van der Waals surface area contributed by atoms with E-state index in [0.717, 1.165) is 46.8 Å². The molecular formula is C28H26N6O2. The molecule has 2 amide bonds. The molecule has 5 rings (SSSR count). The molecule has 180 valence electrons. The zero-order chi connectivity index (χ0) is 24.9. The minimum atomic E-state index is -0.274. The van der Waals surface area contributed by atoms with Crippen LogP contribution in [0.3, 0.4) is 0 Å². The number of carbonyl (C=O) groups excluding carboxylic acids is 2. The Bertz CT molecular complexity index is 1390. The maximum atomic E-state index is 12.8. The van der Waals surface area contributed by atoms with Crippen LogP contribution in [0.15, 0.2) is 85.3 Å². The molecule has 4 aromatic rings. The SMILES string of the molecule is NC(=O)C1CCc2nccc(Nc3ccc(C(=O)Nc4cccc(Nc5ccncc5)c4)cc3)c2C1. The molecule has 0 radical (unpaired) electrons. The number of hydrogen-bond donors (Lipinski definition) is 4. The maximum Gasteiger partial charge on any atom is 0.255 e. The van der Waals surface area contributed by atoms with Crippen molar-refractivity contribution in [2.75, 3.05) is 16.0 Å². The zero-order valence-corrected chi connectivity index (χ0v) is 19.6. The largest absolute Gasteiger partial charge is 0.369 e. The van der Waals surface area contributed by atoms with Crippen LogP contribution in [0.1, 0.15) is 28.0 Å². The number of primary amides is 1. The van der Waals surface area contributed by atoms with E-state index in [2.05, 4.69) is 25.9 Å². The Hall–Kier alpha value is -4.72. The molecule has 0 saturated heterocycles. The second-order valence-electron chi connectivity index (χ2n) is 8.72. The van der Waals surface area contributed by atoms with Crippen LogP contribution in [-0.2, 0) is 17.6 Å². The summed E-state index contributed by atoms with van der Waals surface area (Å²) < 4.78 is 0. The van der Waals surface area contributed by atoms with Gasteiger partial charge < -0.3 is 21.7 Å². The summed E-state index contributed by atoms with van der Waals surface area (Å²) in [5.74, 6) is -0.649. The number of nitrogens with one attached hydrogen (secondary N) is 3. The summed E-state index contributed by atoms with van der Waals surface area (Å²) in [4.78, 5) is 33.0. The minimum absolute atomic E-state index is 0.174. The number of hydrogen-bond acceptors (Lipinski definition) is 6. The van der Waals surface area contributed by atoms with Crippen molar-refractivity contribution in [2.45, 2.75) is 19.3 Å². The van der Waals surface area contributed by atoms with Crippen molar-refractivity contribution >= 4 is 40.3 Å². The number of fused-ring (bicyclic) bond motifs is 1. The van der Waals surface area contributed by atoms with Crippen LogP contribution in [0.2, 0.25) is 0 Å². The zero-order valence-electron chi connectivity index (χ0n) is 19.6. The van der Waals surface area contributed by atoms with Crippen molar-refractivity contribution < 1.29 is 9.59 Å². The van der Waals surface area contributed by atoms with Gasteiger partial charge in [0.05, 0.1) is 0 Å². The summed E-state index contributed by atoms with van der Waals surface area (Å²) in [6.07, 6.45) is 7.24. The number of aryl methyl sites for hydroxylation is 1. The van der Waals surface area contributed by atoms with Crippen LogP contribution < -0.4 is 21.7 Å². The van der Waals surface area contributed by atoms with E-state index in [4.69, 9.17) is 5.73 Å². The molecule has 8 nitrogen and oxygen atoms in total. The van der Waals surface area contributed by atoms with Crippen molar-refractivity contribution in [3.8, 4) is 0 Å². The van der Waals surface area contributed by atoms with Crippen molar-refractivity contribution in [2.24, 2.45) is 11.7 Å². The summed E-state index contributed by atoms with van der Waals surface area (Å²) in [5.41, 5.74) is 12.3. The topological polar surface area (TPSA) is 122 Å². The summed E-state index contributed by atoms with van der Waals surface area (Å²) in [7, 11) is 0. The predicted molar refractivity (Wildman–Crippen MR) is 141 cm³/mol. The highest BCUT2D eigenvalue weighted by Gasteiger charge is 2.25. The first-order valence-electron chi connectivity index (χ1n) is 11.8. The van der Waals surface area contributed by atoms with E-state index in [0.29, 0.717) is 17.7 Å². The van der Waals surface area contributed by atoms with Gasteiger partial charge in [-0.2, -0.15) is 0 Å². The maximum absolute atomic E-state index is 12.8. The Morgan fingerprint density at radius 3 is 2.36 bits per heavy atom. The van der Waals surface area contributed by atoms with E-state index in [1.165, 1.54) is 0 Å². The molecule has 2 aromatic carbocycles. The molecule has 0 bridgehead atoms. The fourth-order valence-electron chi connectivity index (χ4n) is 4.34. The second-order valence-corrected chi connectivity index (χ2v) is 8.72. The lowest BCUT2D eigenvalue weighted by molar-refractivity contribution is -0.122. The molecule has 1 unspecified atom stereocenters. The first-order chi connectivity index (χ1) is 17.5. The lowest BCUT2D eigenvalue weighted by atomic mass is 9.85. The van der Waals surface area contributed by atoms with Gasteiger partial charge >= 0.3 is 0 Å². The van der Waals surface area contributed by atoms with Crippen molar-refractivity contribution in [1.82, 2.24) is 9.97 Å².